The summed E-state index contributed by atoms with van der Waals surface area (Å²) in [6.07, 6.45) is 4.81. The van der Waals surface area contributed by atoms with Gasteiger partial charge in [0.1, 0.15) is 0 Å². The number of benzene rings is 1. The van der Waals surface area contributed by atoms with Crippen LogP contribution in [0.5, 0.6) is 0 Å². The zero-order chi connectivity index (χ0) is 15.0. The maximum absolute atomic E-state index is 12.3. The van der Waals surface area contributed by atoms with Crippen molar-refractivity contribution in [3.63, 3.8) is 0 Å². The molecule has 1 N–H and O–H groups in total. The number of unbranched alkanes of at least 4 members (excludes halogenated alkanes) is 1. The van der Waals surface area contributed by atoms with E-state index >= 15 is 0 Å². The van der Waals surface area contributed by atoms with Gasteiger partial charge >= 0.3 is 0 Å². The van der Waals surface area contributed by atoms with Crippen molar-refractivity contribution >= 4 is 10.0 Å². The number of sulfonamides is 1. The summed E-state index contributed by atoms with van der Waals surface area (Å²) in [5, 5.41) is 8.78. The summed E-state index contributed by atoms with van der Waals surface area (Å²) in [5.41, 5.74) is 1.03. The highest BCUT2D eigenvalue weighted by Gasteiger charge is 2.19. The molecule has 5 heteroatoms. The van der Waals surface area contributed by atoms with Crippen LogP contribution in [0.2, 0.25) is 0 Å². The fourth-order valence-corrected chi connectivity index (χ4v) is 3.08. The molecule has 0 saturated carbocycles. The Hall–Kier alpha value is -1.17. The van der Waals surface area contributed by atoms with Gasteiger partial charge in [-0.05, 0) is 43.4 Å². The van der Waals surface area contributed by atoms with Gasteiger partial charge in [-0.2, -0.15) is 0 Å². The third kappa shape index (κ3) is 4.74. The van der Waals surface area contributed by atoms with Crippen LogP contribution in [-0.2, 0) is 16.4 Å². The van der Waals surface area contributed by atoms with Gasteiger partial charge in [-0.1, -0.05) is 18.2 Å². The Morgan fingerprint density at radius 1 is 1.25 bits per heavy atom. The quantitative estimate of drug-likeness (QED) is 0.561. The third-order valence-electron chi connectivity index (χ3n) is 3.14. The molecule has 0 aliphatic rings. The first-order valence-electron chi connectivity index (χ1n) is 6.79. The van der Waals surface area contributed by atoms with E-state index in [1.165, 1.54) is 4.31 Å². The first-order valence-corrected chi connectivity index (χ1v) is 8.23. The second-order valence-electron chi connectivity index (χ2n) is 4.73. The number of aryl methyl sites for hydroxylation is 1. The van der Waals surface area contributed by atoms with Crippen molar-refractivity contribution in [2.45, 2.75) is 30.6 Å². The molecule has 0 radical (unpaired) electrons. The smallest absolute Gasteiger partial charge is 0.242 e. The Kier molecular flexibility index (Phi) is 6.91. The van der Waals surface area contributed by atoms with Crippen molar-refractivity contribution in [3.8, 4) is 0 Å². The van der Waals surface area contributed by atoms with E-state index < -0.39 is 10.0 Å². The monoisotopic (exact) mass is 297 g/mol. The summed E-state index contributed by atoms with van der Waals surface area (Å²) in [5.74, 6) is 0. The lowest BCUT2D eigenvalue weighted by atomic mass is 10.1. The van der Waals surface area contributed by atoms with Crippen LogP contribution in [0.1, 0.15) is 24.8 Å². The molecule has 20 heavy (non-hydrogen) atoms. The fraction of sp³-hybridized carbons (Fsp3) is 0.467. The highest BCUT2D eigenvalue weighted by molar-refractivity contribution is 7.89. The Labute approximate surface area is 121 Å². The molecule has 0 aliphatic carbocycles. The molecule has 0 spiro atoms. The van der Waals surface area contributed by atoms with Gasteiger partial charge in [-0.15, -0.1) is 6.58 Å². The summed E-state index contributed by atoms with van der Waals surface area (Å²) in [6.45, 7) is 4.26. The summed E-state index contributed by atoms with van der Waals surface area (Å²) >= 11 is 0. The van der Waals surface area contributed by atoms with Gasteiger partial charge in [0.2, 0.25) is 10.0 Å². The van der Waals surface area contributed by atoms with Crippen LogP contribution < -0.4 is 0 Å². The molecule has 0 heterocycles. The zero-order valence-corrected chi connectivity index (χ0v) is 12.8. The van der Waals surface area contributed by atoms with Gasteiger partial charge in [0.15, 0.2) is 0 Å². The number of aliphatic hydroxyl groups excluding tert-OH is 1. The second kappa shape index (κ2) is 8.19. The predicted molar refractivity (Wildman–Crippen MR) is 81.1 cm³/mol. The van der Waals surface area contributed by atoms with E-state index in [1.807, 2.05) is 0 Å². The van der Waals surface area contributed by atoms with Crippen LogP contribution in [0, 0.1) is 0 Å². The highest BCUT2D eigenvalue weighted by atomic mass is 32.2. The van der Waals surface area contributed by atoms with Crippen LogP contribution >= 0.6 is 0 Å². The van der Waals surface area contributed by atoms with Crippen LogP contribution in [0.15, 0.2) is 41.8 Å². The van der Waals surface area contributed by atoms with Crippen molar-refractivity contribution in [2.24, 2.45) is 0 Å². The molecular weight excluding hydrogens is 274 g/mol. The highest BCUT2D eigenvalue weighted by Crippen LogP contribution is 2.16. The van der Waals surface area contributed by atoms with E-state index in [1.54, 1.807) is 37.4 Å². The maximum Gasteiger partial charge on any atom is 0.242 e. The summed E-state index contributed by atoms with van der Waals surface area (Å²) < 4.78 is 26.0. The van der Waals surface area contributed by atoms with Crippen LogP contribution in [0.3, 0.4) is 0 Å². The van der Waals surface area contributed by atoms with Crippen molar-refractivity contribution < 1.29 is 13.5 Å². The summed E-state index contributed by atoms with van der Waals surface area (Å²) in [4.78, 5) is 0.311. The van der Waals surface area contributed by atoms with Gasteiger partial charge in [0.25, 0.3) is 0 Å². The first-order chi connectivity index (χ1) is 9.52. The van der Waals surface area contributed by atoms with Crippen molar-refractivity contribution in [1.29, 1.82) is 0 Å². The van der Waals surface area contributed by atoms with E-state index in [4.69, 9.17) is 5.11 Å². The lowest BCUT2D eigenvalue weighted by Gasteiger charge is -2.17. The standard InChI is InChI=1S/C15H23NO3S/c1-3-4-5-12-16(2)20(18,19)15-10-8-14(9-11-15)7-6-13-17/h3,8-11,17H,1,4-7,12-13H2,2H3. The Morgan fingerprint density at radius 3 is 2.45 bits per heavy atom. The Bertz CT molecular complexity index is 508. The minimum atomic E-state index is -3.41. The maximum atomic E-state index is 12.3. The molecule has 0 aliphatic heterocycles. The molecule has 0 atom stereocenters. The number of nitrogens with zero attached hydrogens (tertiary/aromatic N) is 1. The molecule has 1 rings (SSSR count). The van der Waals surface area contributed by atoms with Gasteiger partial charge < -0.3 is 5.11 Å². The molecule has 4 nitrogen and oxygen atoms in total. The Morgan fingerprint density at radius 2 is 1.90 bits per heavy atom. The molecule has 1 aromatic carbocycles. The SMILES string of the molecule is C=CCCCN(C)S(=O)(=O)c1ccc(CCCO)cc1. The van der Waals surface area contributed by atoms with Gasteiger partial charge in [-0.25, -0.2) is 12.7 Å². The molecular formula is C15H23NO3S. The zero-order valence-electron chi connectivity index (χ0n) is 12.0. The lowest BCUT2D eigenvalue weighted by molar-refractivity contribution is 0.288. The summed E-state index contributed by atoms with van der Waals surface area (Å²) in [7, 11) is -1.81. The number of rotatable bonds is 9. The number of allylic oxidation sites excluding steroid dienone is 1. The molecule has 0 fully saturated rings. The predicted octanol–water partition coefficient (Wildman–Crippen LogP) is 2.20. The normalized spacial score (nSPS) is 11.8. The van der Waals surface area contributed by atoms with E-state index in [0.29, 0.717) is 17.9 Å². The van der Waals surface area contributed by atoms with E-state index in [2.05, 4.69) is 6.58 Å². The molecule has 0 saturated heterocycles. The van der Waals surface area contributed by atoms with Crippen molar-refractivity contribution in [1.82, 2.24) is 4.31 Å². The van der Waals surface area contributed by atoms with Crippen molar-refractivity contribution in [2.75, 3.05) is 20.2 Å². The Balaban J connectivity index is 2.73. The van der Waals surface area contributed by atoms with Gasteiger partial charge in [0.05, 0.1) is 4.90 Å². The lowest BCUT2D eigenvalue weighted by Crippen LogP contribution is -2.27. The van der Waals surface area contributed by atoms with E-state index in [-0.39, 0.29) is 6.61 Å². The average molecular weight is 297 g/mol. The molecule has 0 unspecified atom stereocenters. The van der Waals surface area contributed by atoms with Crippen LogP contribution in [0.4, 0.5) is 0 Å². The number of hydrogen-bond acceptors (Lipinski definition) is 3. The van der Waals surface area contributed by atoms with E-state index in [9.17, 15) is 8.42 Å². The van der Waals surface area contributed by atoms with Gasteiger partial charge in [-0.3, -0.25) is 0 Å². The minimum absolute atomic E-state index is 0.145. The molecule has 1 aromatic rings. The molecule has 0 amide bonds. The molecule has 0 bridgehead atoms. The minimum Gasteiger partial charge on any atom is -0.396 e. The number of aliphatic hydroxyl groups is 1. The van der Waals surface area contributed by atoms with Crippen molar-refractivity contribution in [3.05, 3.63) is 42.5 Å². The second-order valence-corrected chi connectivity index (χ2v) is 6.77. The molecule has 112 valence electrons. The van der Waals surface area contributed by atoms with Gasteiger partial charge in [0, 0.05) is 20.2 Å². The average Bonchev–Trinajstić information content (AvgIpc) is 2.45. The van der Waals surface area contributed by atoms with E-state index in [0.717, 1.165) is 24.8 Å². The largest absolute Gasteiger partial charge is 0.396 e. The summed E-state index contributed by atoms with van der Waals surface area (Å²) in [6, 6.07) is 6.87. The third-order valence-corrected chi connectivity index (χ3v) is 5.01. The number of hydrogen-bond donors (Lipinski definition) is 1. The molecule has 0 aromatic heterocycles. The van der Waals surface area contributed by atoms with Crippen LogP contribution in [-0.4, -0.2) is 38.0 Å². The fourth-order valence-electron chi connectivity index (χ4n) is 1.87. The first kappa shape index (κ1) is 16.9. The van der Waals surface area contributed by atoms with Crippen LogP contribution in [0.25, 0.3) is 0 Å². The topological polar surface area (TPSA) is 57.6 Å².